The van der Waals surface area contributed by atoms with Crippen molar-refractivity contribution in [3.63, 3.8) is 0 Å². The third-order valence-corrected chi connectivity index (χ3v) is 7.01. The second-order valence-corrected chi connectivity index (χ2v) is 9.08. The van der Waals surface area contributed by atoms with Gasteiger partial charge in [-0.15, -0.1) is 0 Å². The molecule has 1 atom stereocenters. The van der Waals surface area contributed by atoms with Gasteiger partial charge >= 0.3 is 0 Å². The van der Waals surface area contributed by atoms with Crippen LogP contribution in [-0.4, -0.2) is 84.9 Å². The zero-order chi connectivity index (χ0) is 21.6. The van der Waals surface area contributed by atoms with Crippen molar-refractivity contribution in [3.8, 4) is 0 Å². The molecule has 3 heterocycles. The highest BCUT2D eigenvalue weighted by Crippen LogP contribution is 2.22. The molecular formula is C24H35FN4O2. The second-order valence-electron chi connectivity index (χ2n) is 9.08. The van der Waals surface area contributed by atoms with E-state index in [4.69, 9.17) is 0 Å². The molecule has 0 unspecified atom stereocenters. The standard InChI is InChI=1S/C24H35FN4O2/c25-20-8-10-21(11-9-20)26-15-17-27(18-16-26)22-5-3-14-29(19-22)24(31)7-4-13-28-12-2-1-6-23(28)30/h8-11,22H,1-7,12-19H2/t22-/m1/s1. The topological polar surface area (TPSA) is 47.1 Å². The Balaban J connectivity index is 1.20. The lowest BCUT2D eigenvalue weighted by Gasteiger charge is -2.44. The summed E-state index contributed by atoms with van der Waals surface area (Å²) in [6.45, 7) is 7.05. The zero-order valence-corrected chi connectivity index (χ0v) is 18.5. The summed E-state index contributed by atoms with van der Waals surface area (Å²) >= 11 is 0. The maximum atomic E-state index is 13.2. The van der Waals surface area contributed by atoms with E-state index >= 15 is 0 Å². The van der Waals surface area contributed by atoms with Crippen molar-refractivity contribution in [3.05, 3.63) is 30.1 Å². The lowest BCUT2D eigenvalue weighted by Crippen LogP contribution is -2.55. The van der Waals surface area contributed by atoms with Gasteiger partial charge in [-0.05, 0) is 56.4 Å². The Bertz CT molecular complexity index is 748. The number of carbonyl (C=O) groups excluding carboxylic acids is 2. The summed E-state index contributed by atoms with van der Waals surface area (Å²) in [6.07, 6.45) is 6.25. The van der Waals surface area contributed by atoms with Crippen molar-refractivity contribution in [1.82, 2.24) is 14.7 Å². The highest BCUT2D eigenvalue weighted by atomic mass is 19.1. The summed E-state index contributed by atoms with van der Waals surface area (Å²) in [4.78, 5) is 33.5. The maximum Gasteiger partial charge on any atom is 0.222 e. The molecular weight excluding hydrogens is 395 g/mol. The van der Waals surface area contributed by atoms with Crippen molar-refractivity contribution in [2.75, 3.05) is 57.3 Å². The molecule has 0 saturated carbocycles. The van der Waals surface area contributed by atoms with Gasteiger partial charge < -0.3 is 14.7 Å². The fourth-order valence-electron chi connectivity index (χ4n) is 5.15. The molecule has 2 amide bonds. The first-order valence-electron chi connectivity index (χ1n) is 11.9. The molecule has 3 saturated heterocycles. The Hall–Kier alpha value is -2.15. The van der Waals surface area contributed by atoms with Gasteiger partial charge in [0.15, 0.2) is 0 Å². The van der Waals surface area contributed by atoms with Crippen LogP contribution in [0.1, 0.15) is 44.9 Å². The molecule has 3 fully saturated rings. The first kappa shape index (κ1) is 22.1. The minimum Gasteiger partial charge on any atom is -0.369 e. The van der Waals surface area contributed by atoms with E-state index in [0.717, 1.165) is 83.6 Å². The quantitative estimate of drug-likeness (QED) is 0.696. The SMILES string of the molecule is O=C1CCCCN1CCCC(=O)N1CCC[C@@H](N2CCN(c3ccc(F)cc3)CC2)C1. The molecule has 3 aliphatic rings. The Morgan fingerprint density at radius 3 is 2.48 bits per heavy atom. The Morgan fingerprint density at radius 2 is 1.74 bits per heavy atom. The third kappa shape index (κ3) is 5.76. The van der Waals surface area contributed by atoms with E-state index in [2.05, 4.69) is 9.80 Å². The monoisotopic (exact) mass is 430 g/mol. The number of anilines is 1. The summed E-state index contributed by atoms with van der Waals surface area (Å²) < 4.78 is 13.2. The number of piperidine rings is 2. The number of benzene rings is 1. The van der Waals surface area contributed by atoms with Crippen LogP contribution in [0.15, 0.2) is 24.3 Å². The van der Waals surface area contributed by atoms with Crippen molar-refractivity contribution >= 4 is 17.5 Å². The van der Waals surface area contributed by atoms with Crippen LogP contribution in [0.4, 0.5) is 10.1 Å². The summed E-state index contributed by atoms with van der Waals surface area (Å²) in [7, 11) is 0. The molecule has 1 aromatic rings. The van der Waals surface area contributed by atoms with E-state index in [1.165, 1.54) is 12.1 Å². The number of rotatable bonds is 6. The number of amides is 2. The Labute approximate surface area is 185 Å². The average molecular weight is 431 g/mol. The number of piperazine rings is 1. The lowest BCUT2D eigenvalue weighted by molar-refractivity contribution is -0.136. The lowest BCUT2D eigenvalue weighted by atomic mass is 10.0. The molecule has 7 heteroatoms. The van der Waals surface area contributed by atoms with Crippen molar-refractivity contribution in [2.24, 2.45) is 0 Å². The van der Waals surface area contributed by atoms with E-state index in [-0.39, 0.29) is 17.6 Å². The smallest absolute Gasteiger partial charge is 0.222 e. The van der Waals surface area contributed by atoms with Gasteiger partial charge in [0.2, 0.25) is 11.8 Å². The van der Waals surface area contributed by atoms with Crippen LogP contribution in [0, 0.1) is 5.82 Å². The van der Waals surface area contributed by atoms with Crippen LogP contribution in [0.3, 0.4) is 0 Å². The molecule has 0 spiro atoms. The molecule has 0 N–H and O–H groups in total. The molecule has 1 aromatic carbocycles. The molecule has 0 bridgehead atoms. The second kappa shape index (κ2) is 10.4. The van der Waals surface area contributed by atoms with Crippen molar-refractivity contribution in [1.29, 1.82) is 0 Å². The molecule has 0 radical (unpaired) electrons. The number of hydrogen-bond donors (Lipinski definition) is 0. The minimum absolute atomic E-state index is 0.197. The number of likely N-dealkylation sites (tertiary alicyclic amines) is 2. The summed E-state index contributed by atoms with van der Waals surface area (Å²) in [5.41, 5.74) is 1.08. The zero-order valence-electron chi connectivity index (χ0n) is 18.5. The van der Waals surface area contributed by atoms with Crippen molar-refractivity contribution < 1.29 is 14.0 Å². The summed E-state index contributed by atoms with van der Waals surface area (Å²) in [6, 6.07) is 7.17. The van der Waals surface area contributed by atoms with Gasteiger partial charge in [-0.3, -0.25) is 14.5 Å². The van der Waals surface area contributed by atoms with E-state index in [1.54, 1.807) is 0 Å². The highest BCUT2D eigenvalue weighted by molar-refractivity contribution is 5.77. The van der Waals surface area contributed by atoms with Gasteiger partial charge in [0, 0.05) is 76.9 Å². The largest absolute Gasteiger partial charge is 0.369 e. The fourth-order valence-corrected chi connectivity index (χ4v) is 5.15. The third-order valence-electron chi connectivity index (χ3n) is 7.01. The fraction of sp³-hybridized carbons (Fsp3) is 0.667. The Morgan fingerprint density at radius 1 is 0.968 bits per heavy atom. The molecule has 31 heavy (non-hydrogen) atoms. The van der Waals surface area contributed by atoms with Crippen LogP contribution >= 0.6 is 0 Å². The summed E-state index contributed by atoms with van der Waals surface area (Å²) in [5.74, 6) is 0.285. The van der Waals surface area contributed by atoms with E-state index < -0.39 is 0 Å². The van der Waals surface area contributed by atoms with E-state index in [1.807, 2.05) is 21.9 Å². The molecule has 0 aliphatic carbocycles. The first-order chi connectivity index (χ1) is 15.1. The average Bonchev–Trinajstić information content (AvgIpc) is 2.81. The molecule has 170 valence electrons. The van der Waals surface area contributed by atoms with Crippen LogP contribution in [0.2, 0.25) is 0 Å². The summed E-state index contributed by atoms with van der Waals surface area (Å²) in [5, 5.41) is 0. The highest BCUT2D eigenvalue weighted by Gasteiger charge is 2.30. The number of carbonyl (C=O) groups is 2. The van der Waals surface area contributed by atoms with E-state index in [0.29, 0.717) is 25.4 Å². The van der Waals surface area contributed by atoms with Gasteiger partial charge in [-0.25, -0.2) is 4.39 Å². The minimum atomic E-state index is -0.197. The van der Waals surface area contributed by atoms with Crippen LogP contribution in [-0.2, 0) is 9.59 Å². The van der Waals surface area contributed by atoms with Gasteiger partial charge in [0.1, 0.15) is 5.82 Å². The van der Waals surface area contributed by atoms with Gasteiger partial charge in [-0.1, -0.05) is 0 Å². The van der Waals surface area contributed by atoms with Crippen LogP contribution < -0.4 is 4.90 Å². The van der Waals surface area contributed by atoms with Crippen LogP contribution in [0.5, 0.6) is 0 Å². The number of hydrogen-bond acceptors (Lipinski definition) is 4. The molecule has 6 nitrogen and oxygen atoms in total. The predicted molar refractivity (Wildman–Crippen MR) is 119 cm³/mol. The number of nitrogens with zero attached hydrogens (tertiary/aromatic N) is 4. The molecule has 0 aromatic heterocycles. The van der Waals surface area contributed by atoms with Gasteiger partial charge in [0.05, 0.1) is 0 Å². The van der Waals surface area contributed by atoms with E-state index in [9.17, 15) is 14.0 Å². The van der Waals surface area contributed by atoms with Gasteiger partial charge in [0.25, 0.3) is 0 Å². The molecule has 4 rings (SSSR count). The van der Waals surface area contributed by atoms with Crippen molar-refractivity contribution in [2.45, 2.75) is 51.0 Å². The first-order valence-corrected chi connectivity index (χ1v) is 11.9. The predicted octanol–water partition coefficient (Wildman–Crippen LogP) is 2.73. The Kier molecular flexibility index (Phi) is 7.43. The normalized spacial score (nSPS) is 23.3. The van der Waals surface area contributed by atoms with Gasteiger partial charge in [-0.2, -0.15) is 0 Å². The molecule has 3 aliphatic heterocycles. The van der Waals surface area contributed by atoms with Crippen LogP contribution in [0.25, 0.3) is 0 Å². The number of halogens is 1. The maximum absolute atomic E-state index is 13.2.